The Morgan fingerprint density at radius 2 is 1.81 bits per heavy atom. The first-order chi connectivity index (χ1) is 12.6. The number of hydrogen-bond donors (Lipinski definition) is 1. The first kappa shape index (κ1) is 16.9. The number of hydrogen-bond acceptors (Lipinski definition) is 3. The molecular weight excluding hydrogens is 326 g/mol. The summed E-state index contributed by atoms with van der Waals surface area (Å²) in [4.78, 5) is 14.1. The summed E-state index contributed by atoms with van der Waals surface area (Å²) >= 11 is 0. The number of ketones is 1. The summed E-state index contributed by atoms with van der Waals surface area (Å²) in [5.41, 5.74) is 3.23. The van der Waals surface area contributed by atoms with Gasteiger partial charge in [-0.05, 0) is 43.9 Å². The number of ether oxygens (including phenoxy) is 1. The van der Waals surface area contributed by atoms with Crippen molar-refractivity contribution >= 4 is 11.9 Å². The van der Waals surface area contributed by atoms with E-state index in [9.17, 15) is 9.90 Å². The highest BCUT2D eigenvalue weighted by molar-refractivity contribution is 6.14. The molecule has 2 aromatic rings. The first-order valence-corrected chi connectivity index (χ1v) is 9.29. The van der Waals surface area contributed by atoms with Gasteiger partial charge in [-0.3, -0.25) is 4.79 Å². The quantitative estimate of drug-likeness (QED) is 0.865. The minimum atomic E-state index is -0.143. The van der Waals surface area contributed by atoms with Gasteiger partial charge in [0, 0.05) is 5.56 Å². The van der Waals surface area contributed by atoms with Crippen molar-refractivity contribution in [2.24, 2.45) is 0 Å². The molecule has 2 aliphatic rings. The standard InChI is InChI=1S/C22H23NO3/c1-15-5-7-16(8-6-15)13-20-21(25)17-9-10-19(24)18(22(17)26-20)14-23-11-3-2-4-12-23/h5-10,13,24H,2-4,11-12,14H2,1H3/b20-13-. The Kier molecular flexibility index (Phi) is 4.51. The number of Topliss-reactive ketones (excluding diaryl/α,β-unsaturated/α-hetero) is 1. The summed E-state index contributed by atoms with van der Waals surface area (Å²) < 4.78 is 5.91. The highest BCUT2D eigenvalue weighted by Crippen LogP contribution is 2.38. The monoisotopic (exact) mass is 349 g/mol. The smallest absolute Gasteiger partial charge is 0.231 e. The number of aryl methyl sites for hydroxylation is 1. The van der Waals surface area contributed by atoms with E-state index in [1.165, 1.54) is 30.2 Å². The Bertz CT molecular complexity index is 862. The molecular formula is C22H23NO3. The van der Waals surface area contributed by atoms with Gasteiger partial charge in [-0.2, -0.15) is 0 Å². The number of benzene rings is 2. The second-order valence-electron chi connectivity index (χ2n) is 7.26. The SMILES string of the molecule is Cc1ccc(/C=C2\Oc3c(ccc([O-])c3C[NH+]3CCCCC3)C2=O)cc1. The fraction of sp³-hybridized carbons (Fsp3) is 0.318. The zero-order valence-electron chi connectivity index (χ0n) is 15.0. The average Bonchev–Trinajstić information content (AvgIpc) is 2.96. The third-order valence-corrected chi connectivity index (χ3v) is 5.26. The zero-order valence-corrected chi connectivity index (χ0v) is 15.0. The molecule has 134 valence electrons. The summed E-state index contributed by atoms with van der Waals surface area (Å²) in [6.07, 6.45) is 5.40. The Morgan fingerprint density at radius 3 is 2.54 bits per heavy atom. The molecule has 4 rings (SSSR count). The van der Waals surface area contributed by atoms with Crippen molar-refractivity contribution in [2.75, 3.05) is 13.1 Å². The van der Waals surface area contributed by atoms with Crippen LogP contribution in [0.25, 0.3) is 6.08 Å². The maximum Gasteiger partial charge on any atom is 0.231 e. The lowest BCUT2D eigenvalue weighted by molar-refractivity contribution is -0.918. The van der Waals surface area contributed by atoms with Crippen LogP contribution >= 0.6 is 0 Å². The van der Waals surface area contributed by atoms with Crippen molar-refractivity contribution in [3.05, 3.63) is 64.4 Å². The molecule has 0 amide bonds. The van der Waals surface area contributed by atoms with Crippen LogP contribution in [0.4, 0.5) is 0 Å². The van der Waals surface area contributed by atoms with E-state index in [2.05, 4.69) is 0 Å². The van der Waals surface area contributed by atoms with Gasteiger partial charge in [0.1, 0.15) is 12.3 Å². The highest BCUT2D eigenvalue weighted by atomic mass is 16.5. The molecule has 0 saturated carbocycles. The van der Waals surface area contributed by atoms with E-state index in [0.717, 1.165) is 24.2 Å². The molecule has 4 nitrogen and oxygen atoms in total. The van der Waals surface area contributed by atoms with Crippen molar-refractivity contribution in [2.45, 2.75) is 32.7 Å². The molecule has 1 N–H and O–H groups in total. The molecule has 0 radical (unpaired) electrons. The normalized spacial score (nSPS) is 18.8. The van der Waals surface area contributed by atoms with Crippen LogP contribution in [0.15, 0.2) is 42.2 Å². The fourth-order valence-electron chi connectivity index (χ4n) is 3.75. The maximum atomic E-state index is 12.7. The average molecular weight is 349 g/mol. The van der Waals surface area contributed by atoms with Crippen molar-refractivity contribution in [1.29, 1.82) is 0 Å². The van der Waals surface area contributed by atoms with Crippen molar-refractivity contribution in [3.8, 4) is 11.5 Å². The lowest BCUT2D eigenvalue weighted by atomic mass is 10.0. The fourth-order valence-corrected chi connectivity index (χ4v) is 3.75. The predicted molar refractivity (Wildman–Crippen MR) is 98.3 cm³/mol. The molecule has 0 unspecified atom stereocenters. The van der Waals surface area contributed by atoms with Crippen LogP contribution in [0.2, 0.25) is 0 Å². The molecule has 0 bridgehead atoms. The van der Waals surface area contributed by atoms with Gasteiger partial charge in [0.05, 0.1) is 18.7 Å². The third-order valence-electron chi connectivity index (χ3n) is 5.26. The number of carbonyl (C=O) groups is 1. The van der Waals surface area contributed by atoms with E-state index in [4.69, 9.17) is 4.74 Å². The summed E-state index contributed by atoms with van der Waals surface area (Å²) in [5, 5.41) is 12.4. The van der Waals surface area contributed by atoms with Crippen LogP contribution in [0.1, 0.15) is 46.3 Å². The third kappa shape index (κ3) is 3.25. The number of likely N-dealkylation sites (tertiary alicyclic amines) is 1. The van der Waals surface area contributed by atoms with E-state index < -0.39 is 0 Å². The van der Waals surface area contributed by atoms with E-state index in [0.29, 0.717) is 29.2 Å². The molecule has 0 atom stereocenters. The van der Waals surface area contributed by atoms with Gasteiger partial charge in [0.15, 0.2) is 5.76 Å². The van der Waals surface area contributed by atoms with Gasteiger partial charge < -0.3 is 14.7 Å². The van der Waals surface area contributed by atoms with Gasteiger partial charge >= 0.3 is 0 Å². The molecule has 2 aromatic carbocycles. The van der Waals surface area contributed by atoms with Crippen LogP contribution < -0.4 is 14.7 Å². The molecule has 0 spiro atoms. The molecule has 0 aromatic heterocycles. The van der Waals surface area contributed by atoms with E-state index in [1.807, 2.05) is 31.2 Å². The van der Waals surface area contributed by atoms with Crippen LogP contribution in [-0.2, 0) is 6.54 Å². The molecule has 1 fully saturated rings. The Balaban J connectivity index is 1.64. The number of quaternary nitrogens is 1. The van der Waals surface area contributed by atoms with Crippen LogP contribution in [-0.4, -0.2) is 18.9 Å². The van der Waals surface area contributed by atoms with Gasteiger partial charge in [-0.1, -0.05) is 41.6 Å². The number of allylic oxidation sites excluding steroid dienone is 1. The number of piperidine rings is 1. The minimum Gasteiger partial charge on any atom is -0.872 e. The van der Waals surface area contributed by atoms with E-state index in [-0.39, 0.29) is 11.5 Å². The molecule has 26 heavy (non-hydrogen) atoms. The lowest BCUT2D eigenvalue weighted by Crippen LogP contribution is -3.11. The van der Waals surface area contributed by atoms with Gasteiger partial charge in [0.2, 0.25) is 5.78 Å². The molecule has 0 aliphatic carbocycles. The van der Waals surface area contributed by atoms with Crippen LogP contribution in [0.3, 0.4) is 0 Å². The van der Waals surface area contributed by atoms with Crippen molar-refractivity contribution in [1.82, 2.24) is 0 Å². The largest absolute Gasteiger partial charge is 0.872 e. The van der Waals surface area contributed by atoms with Gasteiger partial charge in [-0.25, -0.2) is 0 Å². The minimum absolute atomic E-state index is 0.0359. The van der Waals surface area contributed by atoms with Gasteiger partial charge in [0.25, 0.3) is 0 Å². The summed E-state index contributed by atoms with van der Waals surface area (Å²) in [6, 6.07) is 11.0. The zero-order chi connectivity index (χ0) is 18.1. The second kappa shape index (κ2) is 6.96. The number of fused-ring (bicyclic) bond motifs is 1. The van der Waals surface area contributed by atoms with E-state index >= 15 is 0 Å². The Hall–Kier alpha value is -2.59. The van der Waals surface area contributed by atoms with Crippen LogP contribution in [0.5, 0.6) is 11.5 Å². The van der Waals surface area contributed by atoms with Gasteiger partial charge in [-0.15, -0.1) is 0 Å². The predicted octanol–water partition coefficient (Wildman–Crippen LogP) is 2.25. The van der Waals surface area contributed by atoms with Crippen LogP contribution in [0, 0.1) is 6.92 Å². The molecule has 1 saturated heterocycles. The molecule has 2 heterocycles. The van der Waals surface area contributed by atoms with Crippen molar-refractivity contribution < 1.29 is 19.5 Å². The number of carbonyl (C=O) groups excluding carboxylic acids is 1. The Labute approximate surface area is 153 Å². The maximum absolute atomic E-state index is 12.7. The summed E-state index contributed by atoms with van der Waals surface area (Å²) in [7, 11) is 0. The van der Waals surface area contributed by atoms with E-state index in [1.54, 1.807) is 12.1 Å². The summed E-state index contributed by atoms with van der Waals surface area (Å²) in [6.45, 7) is 4.80. The lowest BCUT2D eigenvalue weighted by Gasteiger charge is -2.26. The second-order valence-corrected chi connectivity index (χ2v) is 7.26. The topological polar surface area (TPSA) is 53.8 Å². The molecule has 4 heteroatoms. The first-order valence-electron chi connectivity index (χ1n) is 9.29. The number of nitrogens with one attached hydrogen (secondary N) is 1. The Morgan fingerprint density at radius 1 is 1.08 bits per heavy atom. The van der Waals surface area contributed by atoms with Crippen molar-refractivity contribution in [3.63, 3.8) is 0 Å². The highest BCUT2D eigenvalue weighted by Gasteiger charge is 2.31. The summed E-state index contributed by atoms with van der Waals surface area (Å²) in [5.74, 6) is 0.588. The molecule has 2 aliphatic heterocycles. The number of rotatable bonds is 3.